The molecule has 1 aliphatic rings. The fourth-order valence-corrected chi connectivity index (χ4v) is 3.50. The average Bonchev–Trinajstić information content (AvgIpc) is 2.96. The van der Waals surface area contributed by atoms with Gasteiger partial charge in [-0.3, -0.25) is 4.99 Å². The van der Waals surface area contributed by atoms with Crippen LogP contribution in [0.25, 0.3) is 0 Å². The molecule has 0 radical (unpaired) electrons. The Morgan fingerprint density at radius 2 is 2.43 bits per heavy atom. The minimum atomic E-state index is 0.701. The van der Waals surface area contributed by atoms with Crippen LogP contribution in [0.1, 0.15) is 25.3 Å². The molecule has 0 saturated carbocycles. The average molecular weight is 308 g/mol. The van der Waals surface area contributed by atoms with Crippen LogP contribution in [0.4, 0.5) is 0 Å². The van der Waals surface area contributed by atoms with E-state index in [1.807, 2.05) is 0 Å². The molecule has 1 unspecified atom stereocenters. The summed E-state index contributed by atoms with van der Waals surface area (Å²) in [6, 6.07) is 2.18. The first-order chi connectivity index (χ1) is 10.2. The van der Waals surface area contributed by atoms with Crippen molar-refractivity contribution in [3.05, 3.63) is 22.4 Å². The number of guanidine groups is 1. The van der Waals surface area contributed by atoms with E-state index in [2.05, 4.69) is 53.0 Å². The molecule has 1 saturated heterocycles. The third-order valence-electron chi connectivity index (χ3n) is 3.92. The van der Waals surface area contributed by atoms with Gasteiger partial charge >= 0.3 is 0 Å². The lowest BCUT2D eigenvalue weighted by atomic mass is 9.99. The smallest absolute Gasteiger partial charge is 0.193 e. The molecule has 1 aromatic rings. The second-order valence-electron chi connectivity index (χ2n) is 5.95. The van der Waals surface area contributed by atoms with Gasteiger partial charge in [-0.25, -0.2) is 0 Å². The zero-order valence-corrected chi connectivity index (χ0v) is 14.3. The lowest BCUT2D eigenvalue weighted by Gasteiger charge is -2.29. The van der Waals surface area contributed by atoms with Gasteiger partial charge in [-0.2, -0.15) is 11.3 Å². The van der Waals surface area contributed by atoms with Crippen LogP contribution in [0.2, 0.25) is 0 Å². The highest BCUT2D eigenvalue weighted by Crippen LogP contribution is 2.15. The molecule has 1 fully saturated rings. The summed E-state index contributed by atoms with van der Waals surface area (Å²) in [4.78, 5) is 9.50. The van der Waals surface area contributed by atoms with Crippen molar-refractivity contribution in [1.82, 2.24) is 15.1 Å². The molecule has 1 aliphatic heterocycles. The zero-order valence-electron chi connectivity index (χ0n) is 13.5. The summed E-state index contributed by atoms with van der Waals surface area (Å²) in [5, 5.41) is 7.75. The van der Waals surface area contributed by atoms with Crippen LogP contribution in [0.3, 0.4) is 0 Å². The minimum Gasteiger partial charge on any atom is -0.357 e. The van der Waals surface area contributed by atoms with E-state index in [9.17, 15) is 0 Å². The van der Waals surface area contributed by atoms with Gasteiger partial charge in [0.1, 0.15) is 0 Å². The molecule has 0 amide bonds. The van der Waals surface area contributed by atoms with Gasteiger partial charge < -0.3 is 15.1 Å². The molecule has 0 aromatic carbocycles. The van der Waals surface area contributed by atoms with Gasteiger partial charge in [-0.1, -0.05) is 0 Å². The van der Waals surface area contributed by atoms with Crippen LogP contribution in [0.15, 0.2) is 21.8 Å². The third-order valence-corrected chi connectivity index (χ3v) is 4.65. The van der Waals surface area contributed by atoms with E-state index in [1.54, 1.807) is 11.3 Å². The van der Waals surface area contributed by atoms with Crippen LogP contribution in [-0.4, -0.2) is 56.0 Å². The lowest BCUT2D eigenvalue weighted by molar-refractivity contribution is 0.214. The Hall–Kier alpha value is -1.07. The molecule has 2 heterocycles. The number of likely N-dealkylation sites (tertiary alicyclic amines) is 1. The highest BCUT2D eigenvalue weighted by molar-refractivity contribution is 7.07. The van der Waals surface area contributed by atoms with E-state index >= 15 is 0 Å². The minimum absolute atomic E-state index is 0.701. The quantitative estimate of drug-likeness (QED) is 0.670. The molecule has 1 N–H and O–H groups in total. The summed E-state index contributed by atoms with van der Waals surface area (Å²) in [6.45, 7) is 7.30. The molecule has 0 bridgehead atoms. The number of piperidine rings is 1. The van der Waals surface area contributed by atoms with Gasteiger partial charge in [0.2, 0.25) is 0 Å². The fraction of sp³-hybridized carbons (Fsp3) is 0.688. The Labute approximate surface area is 132 Å². The maximum Gasteiger partial charge on any atom is 0.193 e. The van der Waals surface area contributed by atoms with Crippen molar-refractivity contribution in [3.63, 3.8) is 0 Å². The number of hydrogen-bond donors (Lipinski definition) is 1. The van der Waals surface area contributed by atoms with Gasteiger partial charge in [-0.15, -0.1) is 0 Å². The van der Waals surface area contributed by atoms with E-state index in [-0.39, 0.29) is 0 Å². The van der Waals surface area contributed by atoms with Crippen molar-refractivity contribution < 1.29 is 0 Å². The first kappa shape index (κ1) is 16.3. The highest BCUT2D eigenvalue weighted by Gasteiger charge is 2.17. The Kier molecular flexibility index (Phi) is 6.51. The van der Waals surface area contributed by atoms with Crippen LogP contribution in [0, 0.1) is 5.92 Å². The summed E-state index contributed by atoms with van der Waals surface area (Å²) in [5.74, 6) is 1.73. The summed E-state index contributed by atoms with van der Waals surface area (Å²) >= 11 is 1.75. The standard InChI is InChI=1S/C16H28N4S/c1-4-17-16(20(3)12-15-7-9-21-13-15)18-10-14-6-5-8-19(2)11-14/h7,9,13-14H,4-6,8,10-12H2,1-3H3,(H,17,18). The van der Waals surface area contributed by atoms with Gasteiger partial charge in [0.05, 0.1) is 0 Å². The maximum absolute atomic E-state index is 4.86. The number of thiophene rings is 1. The first-order valence-electron chi connectivity index (χ1n) is 7.88. The Bertz CT molecular complexity index is 429. The predicted octanol–water partition coefficient (Wildman–Crippen LogP) is 2.49. The molecule has 1 aromatic heterocycles. The predicted molar refractivity (Wildman–Crippen MR) is 92.0 cm³/mol. The molecular formula is C16H28N4S. The lowest BCUT2D eigenvalue weighted by Crippen LogP contribution is -2.39. The monoisotopic (exact) mass is 308 g/mol. The van der Waals surface area contributed by atoms with Crippen LogP contribution >= 0.6 is 11.3 Å². The summed E-state index contributed by atoms with van der Waals surface area (Å²) < 4.78 is 0. The molecule has 0 aliphatic carbocycles. The highest BCUT2D eigenvalue weighted by atomic mass is 32.1. The van der Waals surface area contributed by atoms with Gasteiger partial charge in [-0.05, 0) is 61.7 Å². The van der Waals surface area contributed by atoms with Crippen molar-refractivity contribution in [1.29, 1.82) is 0 Å². The second kappa shape index (κ2) is 8.39. The van der Waals surface area contributed by atoms with Crippen molar-refractivity contribution in [3.8, 4) is 0 Å². The Morgan fingerprint density at radius 3 is 3.10 bits per heavy atom. The van der Waals surface area contributed by atoms with Crippen molar-refractivity contribution >= 4 is 17.3 Å². The van der Waals surface area contributed by atoms with E-state index in [0.29, 0.717) is 5.92 Å². The third kappa shape index (κ3) is 5.32. The van der Waals surface area contributed by atoms with E-state index < -0.39 is 0 Å². The topological polar surface area (TPSA) is 30.9 Å². The number of nitrogens with one attached hydrogen (secondary N) is 1. The molecular weight excluding hydrogens is 280 g/mol. The molecule has 21 heavy (non-hydrogen) atoms. The molecule has 1 atom stereocenters. The summed E-state index contributed by atoms with van der Waals surface area (Å²) in [6.07, 6.45) is 2.61. The molecule has 2 rings (SSSR count). The Balaban J connectivity index is 1.91. The normalized spacial score (nSPS) is 20.5. The van der Waals surface area contributed by atoms with E-state index in [1.165, 1.54) is 31.5 Å². The van der Waals surface area contributed by atoms with Gasteiger partial charge in [0.15, 0.2) is 5.96 Å². The number of nitrogens with zero attached hydrogens (tertiary/aromatic N) is 3. The largest absolute Gasteiger partial charge is 0.357 e. The number of rotatable bonds is 5. The molecule has 0 spiro atoms. The van der Waals surface area contributed by atoms with Crippen molar-refractivity contribution in [2.75, 3.05) is 40.3 Å². The van der Waals surface area contributed by atoms with Gasteiger partial charge in [0.25, 0.3) is 0 Å². The Morgan fingerprint density at radius 1 is 1.57 bits per heavy atom. The SMILES string of the molecule is CCNC(=NCC1CCCN(C)C1)N(C)Cc1ccsc1. The summed E-state index contributed by atoms with van der Waals surface area (Å²) in [5.41, 5.74) is 1.35. The first-order valence-corrected chi connectivity index (χ1v) is 8.82. The molecule has 118 valence electrons. The van der Waals surface area contributed by atoms with Crippen molar-refractivity contribution in [2.45, 2.75) is 26.3 Å². The van der Waals surface area contributed by atoms with Crippen LogP contribution in [0.5, 0.6) is 0 Å². The molecule has 5 heteroatoms. The van der Waals surface area contributed by atoms with E-state index in [0.717, 1.165) is 25.6 Å². The zero-order chi connectivity index (χ0) is 15.1. The van der Waals surface area contributed by atoms with Crippen molar-refractivity contribution in [2.24, 2.45) is 10.9 Å². The van der Waals surface area contributed by atoms with Crippen LogP contribution in [-0.2, 0) is 6.54 Å². The van der Waals surface area contributed by atoms with E-state index in [4.69, 9.17) is 4.99 Å². The van der Waals surface area contributed by atoms with Gasteiger partial charge in [0, 0.05) is 33.2 Å². The summed E-state index contributed by atoms with van der Waals surface area (Å²) in [7, 11) is 4.33. The van der Waals surface area contributed by atoms with Crippen LogP contribution < -0.4 is 5.32 Å². The second-order valence-corrected chi connectivity index (χ2v) is 6.73. The number of hydrogen-bond acceptors (Lipinski definition) is 3. The fourth-order valence-electron chi connectivity index (χ4n) is 2.84. The molecule has 4 nitrogen and oxygen atoms in total. The number of aliphatic imine (C=N–C) groups is 1. The maximum atomic E-state index is 4.86.